The molecule has 4 rings (SSSR count). The number of alkyl carbamates (subject to hydrolysis) is 1. The summed E-state index contributed by atoms with van der Waals surface area (Å²) in [5.74, 6) is 5.71. The second-order valence-corrected chi connectivity index (χ2v) is 16.6. The molecule has 3 amide bonds. The van der Waals surface area contributed by atoms with Crippen LogP contribution in [0.5, 0.6) is 0 Å². The second-order valence-electron chi connectivity index (χ2n) is 15.5. The molecule has 2 N–H and O–H groups in total. The lowest BCUT2D eigenvalue weighted by Crippen LogP contribution is -2.50. The number of nitrogens with zero attached hydrogens (tertiary/aromatic N) is 2. The Kier molecular flexibility index (Phi) is 11.9. The molecule has 3 aliphatic rings. The molecule has 47 heavy (non-hydrogen) atoms. The molecular weight excluding hydrogens is 618 g/mol. The monoisotopic (exact) mass is 671 g/mol. The Labute approximate surface area is 283 Å². The maximum Gasteiger partial charge on any atom is 0.410 e. The van der Waals surface area contributed by atoms with E-state index in [0.717, 1.165) is 43.4 Å². The Morgan fingerprint density at radius 2 is 1.64 bits per heavy atom. The van der Waals surface area contributed by atoms with Crippen molar-refractivity contribution < 1.29 is 33.8 Å². The van der Waals surface area contributed by atoms with Gasteiger partial charge in [0.1, 0.15) is 16.6 Å². The van der Waals surface area contributed by atoms with Crippen LogP contribution in [0.15, 0.2) is 6.07 Å². The fourth-order valence-electron chi connectivity index (χ4n) is 6.58. The zero-order valence-corrected chi connectivity index (χ0v) is 30.0. The van der Waals surface area contributed by atoms with Crippen molar-refractivity contribution in [1.82, 2.24) is 10.2 Å². The van der Waals surface area contributed by atoms with Crippen LogP contribution in [-0.2, 0) is 14.3 Å². The van der Waals surface area contributed by atoms with Crippen LogP contribution >= 0.6 is 11.3 Å². The number of anilines is 1. The van der Waals surface area contributed by atoms with E-state index < -0.39 is 29.9 Å². The lowest BCUT2D eigenvalue weighted by Gasteiger charge is -2.39. The standard InChI is InChI=1S/C36H53N3O7S/c1-23-10-12-24(13-11-23)31(40)39(29-21-28(18-19-35(2,3)4)47-30(29)32(41)42)26-16-14-25(15-17-26)37-33(43)45-27-9-8-20-38(22-27)34(44)46-36(5,6)7/h21,23-27H,8-17,20,22H2,1-7H3,(H,37,43)(H,41,42). The number of likely N-dealkylation sites (tertiary alicyclic amines) is 1. The smallest absolute Gasteiger partial charge is 0.410 e. The number of hydrogen-bond acceptors (Lipinski definition) is 7. The molecule has 1 aromatic rings. The van der Waals surface area contributed by atoms with Crippen LogP contribution in [0.2, 0.25) is 0 Å². The van der Waals surface area contributed by atoms with Gasteiger partial charge >= 0.3 is 18.2 Å². The van der Waals surface area contributed by atoms with Crippen LogP contribution in [-0.4, -0.2) is 70.9 Å². The number of rotatable bonds is 6. The van der Waals surface area contributed by atoms with Crippen molar-refractivity contribution in [3.05, 3.63) is 15.8 Å². The summed E-state index contributed by atoms with van der Waals surface area (Å²) in [7, 11) is 0. The van der Waals surface area contributed by atoms with Crippen LogP contribution in [0.25, 0.3) is 0 Å². The number of carboxylic acids is 1. The SMILES string of the molecule is CC1CCC(C(=O)N(c2cc(C#CC(C)(C)C)sc2C(=O)O)C2CCC(NC(=O)OC3CCCN(C(=O)OC(C)(C)C)C3)CC2)CC1. The molecule has 260 valence electrons. The number of carboxylic acid groups (broad SMARTS) is 1. The third-order valence-corrected chi connectivity index (χ3v) is 10.0. The van der Waals surface area contributed by atoms with Gasteiger partial charge in [0.05, 0.1) is 17.1 Å². The molecule has 2 heterocycles. The van der Waals surface area contributed by atoms with Gasteiger partial charge in [-0.05, 0) is 118 Å². The fourth-order valence-corrected chi connectivity index (χ4v) is 7.42. The molecule has 1 aliphatic heterocycles. The highest BCUT2D eigenvalue weighted by atomic mass is 32.1. The third-order valence-electron chi connectivity index (χ3n) is 9.02. The third kappa shape index (κ3) is 10.6. The summed E-state index contributed by atoms with van der Waals surface area (Å²) in [5, 5.41) is 13.2. The molecule has 10 nitrogen and oxygen atoms in total. The maximum atomic E-state index is 14.2. The van der Waals surface area contributed by atoms with Crippen LogP contribution in [0.4, 0.5) is 15.3 Å². The van der Waals surface area contributed by atoms with Crippen molar-refractivity contribution >= 4 is 41.1 Å². The van der Waals surface area contributed by atoms with Crippen LogP contribution in [0, 0.1) is 29.1 Å². The normalized spacial score (nSPS) is 25.2. The first-order valence-corrected chi connectivity index (χ1v) is 18.0. The number of hydrogen-bond donors (Lipinski definition) is 2. The number of ether oxygens (including phenoxy) is 2. The van der Waals surface area contributed by atoms with Gasteiger partial charge in [0.15, 0.2) is 0 Å². The predicted molar refractivity (Wildman–Crippen MR) is 183 cm³/mol. The zero-order chi connectivity index (χ0) is 34.5. The van der Waals surface area contributed by atoms with E-state index >= 15 is 0 Å². The van der Waals surface area contributed by atoms with Gasteiger partial charge in [0.2, 0.25) is 5.91 Å². The van der Waals surface area contributed by atoms with Gasteiger partial charge in [0, 0.05) is 30.0 Å². The van der Waals surface area contributed by atoms with Crippen molar-refractivity contribution in [3.8, 4) is 11.8 Å². The predicted octanol–water partition coefficient (Wildman–Crippen LogP) is 7.44. The van der Waals surface area contributed by atoms with E-state index in [1.165, 1.54) is 0 Å². The average molecular weight is 672 g/mol. The molecule has 2 aliphatic carbocycles. The molecule has 3 fully saturated rings. The van der Waals surface area contributed by atoms with E-state index in [1.807, 2.05) is 41.5 Å². The molecular formula is C36H53N3O7S. The molecule has 1 saturated heterocycles. The Balaban J connectivity index is 1.43. The largest absolute Gasteiger partial charge is 0.477 e. The first-order chi connectivity index (χ1) is 22.0. The number of thiophene rings is 1. The van der Waals surface area contributed by atoms with Gasteiger partial charge in [-0.2, -0.15) is 0 Å². The molecule has 1 atom stereocenters. The van der Waals surface area contributed by atoms with Crippen LogP contribution in [0.3, 0.4) is 0 Å². The zero-order valence-electron chi connectivity index (χ0n) is 29.1. The van der Waals surface area contributed by atoms with E-state index in [9.17, 15) is 24.3 Å². The van der Waals surface area contributed by atoms with Gasteiger partial charge in [-0.3, -0.25) is 4.79 Å². The minimum Gasteiger partial charge on any atom is -0.477 e. The van der Waals surface area contributed by atoms with Crippen LogP contribution in [0.1, 0.15) is 127 Å². The Hall–Kier alpha value is -3.26. The summed E-state index contributed by atoms with van der Waals surface area (Å²) in [4.78, 5) is 56.2. The van der Waals surface area contributed by atoms with Gasteiger partial charge in [0.25, 0.3) is 0 Å². The molecule has 0 bridgehead atoms. The second kappa shape index (κ2) is 15.3. The molecule has 1 unspecified atom stereocenters. The summed E-state index contributed by atoms with van der Waals surface area (Å²) in [6.07, 6.45) is 6.12. The molecule has 0 radical (unpaired) electrons. The number of piperidine rings is 1. The molecule has 1 aromatic heterocycles. The lowest BCUT2D eigenvalue weighted by atomic mass is 9.81. The summed E-state index contributed by atoms with van der Waals surface area (Å²) >= 11 is 1.12. The van der Waals surface area contributed by atoms with E-state index in [0.29, 0.717) is 61.7 Å². The number of aromatic carboxylic acids is 1. The van der Waals surface area contributed by atoms with Gasteiger partial charge in [-0.25, -0.2) is 14.4 Å². The Morgan fingerprint density at radius 3 is 2.23 bits per heavy atom. The van der Waals surface area contributed by atoms with Crippen LogP contribution < -0.4 is 10.2 Å². The van der Waals surface area contributed by atoms with Gasteiger partial charge < -0.3 is 29.7 Å². The topological polar surface area (TPSA) is 125 Å². The number of carbonyl (C=O) groups is 4. The molecule has 0 spiro atoms. The first-order valence-electron chi connectivity index (χ1n) is 17.2. The molecule has 11 heteroatoms. The van der Waals surface area contributed by atoms with E-state index in [4.69, 9.17) is 9.47 Å². The minimum absolute atomic E-state index is 0.00445. The lowest BCUT2D eigenvalue weighted by molar-refractivity contribution is -0.124. The summed E-state index contributed by atoms with van der Waals surface area (Å²) in [6.45, 7) is 14.5. The molecule has 2 saturated carbocycles. The van der Waals surface area contributed by atoms with Gasteiger partial charge in [-0.15, -0.1) is 11.3 Å². The number of carbonyl (C=O) groups excluding carboxylic acids is 3. The number of nitrogens with one attached hydrogen (secondary N) is 1. The van der Waals surface area contributed by atoms with Crippen molar-refractivity contribution in [2.45, 2.75) is 136 Å². The maximum absolute atomic E-state index is 14.2. The van der Waals surface area contributed by atoms with Gasteiger partial charge in [-0.1, -0.05) is 18.8 Å². The van der Waals surface area contributed by atoms with E-state index in [-0.39, 0.29) is 34.2 Å². The van der Waals surface area contributed by atoms with E-state index in [2.05, 4.69) is 24.1 Å². The Morgan fingerprint density at radius 1 is 0.979 bits per heavy atom. The summed E-state index contributed by atoms with van der Waals surface area (Å²) in [6, 6.07) is 1.46. The highest BCUT2D eigenvalue weighted by Crippen LogP contribution is 2.39. The highest BCUT2D eigenvalue weighted by molar-refractivity contribution is 7.15. The number of amides is 3. The van der Waals surface area contributed by atoms with Crippen molar-refractivity contribution in [1.29, 1.82) is 0 Å². The summed E-state index contributed by atoms with van der Waals surface area (Å²) in [5.41, 5.74) is -0.410. The summed E-state index contributed by atoms with van der Waals surface area (Å²) < 4.78 is 11.2. The van der Waals surface area contributed by atoms with Crippen molar-refractivity contribution in [2.24, 2.45) is 17.3 Å². The quantitative estimate of drug-likeness (QED) is 0.301. The minimum atomic E-state index is -1.06. The fraction of sp³-hybridized carbons (Fsp3) is 0.722. The highest BCUT2D eigenvalue weighted by Gasteiger charge is 2.38. The molecule has 0 aromatic carbocycles. The van der Waals surface area contributed by atoms with E-state index in [1.54, 1.807) is 15.9 Å². The Bertz CT molecular complexity index is 1350. The van der Waals surface area contributed by atoms with Crippen molar-refractivity contribution in [3.63, 3.8) is 0 Å². The van der Waals surface area contributed by atoms with Crippen molar-refractivity contribution in [2.75, 3.05) is 18.0 Å². The first kappa shape index (κ1) is 36.6. The average Bonchev–Trinajstić information content (AvgIpc) is 3.40.